The molecule has 1 saturated heterocycles. The molecule has 2 unspecified atom stereocenters. The van der Waals surface area contributed by atoms with Crippen molar-refractivity contribution in [2.24, 2.45) is 0 Å². The van der Waals surface area contributed by atoms with E-state index in [4.69, 9.17) is 4.74 Å². The van der Waals surface area contributed by atoms with E-state index in [0.29, 0.717) is 12.2 Å². The number of imide groups is 1. The summed E-state index contributed by atoms with van der Waals surface area (Å²) >= 11 is 0.943. The first kappa shape index (κ1) is 20.2. The molecule has 1 aliphatic heterocycles. The van der Waals surface area contributed by atoms with Crippen molar-refractivity contribution in [3.63, 3.8) is 0 Å². The van der Waals surface area contributed by atoms with Crippen LogP contribution in [0.4, 0.5) is 18.0 Å². The Kier molecular flexibility index (Phi) is 5.95. The molecule has 0 aromatic heterocycles. The predicted octanol–water partition coefficient (Wildman–Crippen LogP) is 3.71. The summed E-state index contributed by atoms with van der Waals surface area (Å²) in [6, 6.07) is 11.2. The molecule has 3 rings (SSSR count). The van der Waals surface area contributed by atoms with Crippen LogP contribution >= 0.6 is 11.8 Å². The maximum Gasteiger partial charge on any atom is 0.416 e. The third-order valence-electron chi connectivity index (χ3n) is 4.12. The molecule has 5 nitrogen and oxygen atoms in total. The zero-order chi connectivity index (χ0) is 20.3. The van der Waals surface area contributed by atoms with E-state index >= 15 is 0 Å². The van der Waals surface area contributed by atoms with Crippen LogP contribution in [0.3, 0.4) is 0 Å². The van der Waals surface area contributed by atoms with Crippen molar-refractivity contribution in [2.45, 2.75) is 24.0 Å². The van der Waals surface area contributed by atoms with E-state index in [1.807, 2.05) is 0 Å². The topological polar surface area (TPSA) is 75.6 Å². The van der Waals surface area contributed by atoms with E-state index in [1.165, 1.54) is 12.1 Å². The summed E-state index contributed by atoms with van der Waals surface area (Å²) in [6.07, 6.45) is -5.31. The molecule has 2 amide bonds. The SMILES string of the molecule is O=C1NC(=O)C(Cc2ccc(OCC(O)c3cccc(C(F)(F)F)c3)cc2)S1. The summed E-state index contributed by atoms with van der Waals surface area (Å²) in [5.74, 6) is 0.105. The molecule has 28 heavy (non-hydrogen) atoms. The van der Waals surface area contributed by atoms with Gasteiger partial charge in [-0.15, -0.1) is 0 Å². The minimum absolute atomic E-state index is 0.111. The highest BCUT2D eigenvalue weighted by molar-refractivity contribution is 8.15. The second-order valence-electron chi connectivity index (χ2n) is 6.18. The highest BCUT2D eigenvalue weighted by Crippen LogP contribution is 2.31. The minimum atomic E-state index is -4.48. The smallest absolute Gasteiger partial charge is 0.416 e. The molecule has 2 N–H and O–H groups in total. The minimum Gasteiger partial charge on any atom is -0.491 e. The highest BCUT2D eigenvalue weighted by atomic mass is 32.2. The van der Waals surface area contributed by atoms with E-state index in [9.17, 15) is 27.9 Å². The van der Waals surface area contributed by atoms with Gasteiger partial charge >= 0.3 is 6.18 Å². The van der Waals surface area contributed by atoms with Crippen molar-refractivity contribution in [1.82, 2.24) is 5.32 Å². The Bertz CT molecular complexity index is 870. The van der Waals surface area contributed by atoms with E-state index in [1.54, 1.807) is 24.3 Å². The van der Waals surface area contributed by atoms with Crippen LogP contribution in [-0.2, 0) is 17.4 Å². The number of hydrogen-bond acceptors (Lipinski definition) is 5. The molecule has 1 aliphatic rings. The molecule has 1 fully saturated rings. The number of thioether (sulfide) groups is 1. The van der Waals surface area contributed by atoms with E-state index < -0.39 is 23.1 Å². The van der Waals surface area contributed by atoms with Crippen LogP contribution in [0.1, 0.15) is 22.8 Å². The van der Waals surface area contributed by atoms with Gasteiger partial charge in [0.2, 0.25) is 5.91 Å². The van der Waals surface area contributed by atoms with Gasteiger partial charge in [-0.1, -0.05) is 36.0 Å². The van der Waals surface area contributed by atoms with Gasteiger partial charge in [0.1, 0.15) is 18.5 Å². The molecular formula is C19H16F3NO4S. The lowest BCUT2D eigenvalue weighted by Crippen LogP contribution is -2.25. The summed E-state index contributed by atoms with van der Waals surface area (Å²) < 4.78 is 43.7. The normalized spacial score (nSPS) is 18.1. The lowest BCUT2D eigenvalue weighted by molar-refractivity contribution is -0.137. The number of ether oxygens (including phenoxy) is 1. The standard InChI is InChI=1S/C19H16F3NO4S/c20-19(21,22)13-3-1-2-12(9-13)15(24)10-27-14-6-4-11(5-7-14)8-16-17(25)23-18(26)28-16/h1-7,9,15-16,24H,8,10H2,(H,23,25,26). The Morgan fingerprint density at radius 3 is 2.46 bits per heavy atom. The van der Waals surface area contributed by atoms with Gasteiger partial charge in [0.15, 0.2) is 0 Å². The zero-order valence-corrected chi connectivity index (χ0v) is 15.2. The summed E-state index contributed by atoms with van der Waals surface area (Å²) in [7, 11) is 0. The van der Waals surface area contributed by atoms with Gasteiger partial charge in [-0.2, -0.15) is 13.2 Å². The zero-order valence-electron chi connectivity index (χ0n) is 14.4. The Morgan fingerprint density at radius 1 is 1.14 bits per heavy atom. The Labute approximate surface area is 162 Å². The van der Waals surface area contributed by atoms with Gasteiger partial charge < -0.3 is 9.84 Å². The summed E-state index contributed by atoms with van der Waals surface area (Å²) in [5, 5.41) is 11.5. The number of carbonyl (C=O) groups excluding carboxylic acids is 2. The van der Waals surface area contributed by atoms with Crippen molar-refractivity contribution in [1.29, 1.82) is 0 Å². The third-order valence-corrected chi connectivity index (χ3v) is 5.10. The van der Waals surface area contributed by atoms with Crippen molar-refractivity contribution >= 4 is 22.9 Å². The van der Waals surface area contributed by atoms with Crippen LogP contribution in [-0.4, -0.2) is 28.1 Å². The van der Waals surface area contributed by atoms with E-state index in [0.717, 1.165) is 29.5 Å². The molecule has 0 saturated carbocycles. The van der Waals surface area contributed by atoms with Crippen LogP contribution < -0.4 is 10.1 Å². The van der Waals surface area contributed by atoms with Crippen molar-refractivity contribution in [3.8, 4) is 5.75 Å². The Morgan fingerprint density at radius 2 is 1.86 bits per heavy atom. The quantitative estimate of drug-likeness (QED) is 0.758. The van der Waals surface area contributed by atoms with Gasteiger partial charge in [0, 0.05) is 0 Å². The monoisotopic (exact) mass is 411 g/mol. The van der Waals surface area contributed by atoms with Gasteiger partial charge in [-0.05, 0) is 41.8 Å². The van der Waals surface area contributed by atoms with Gasteiger partial charge in [0.25, 0.3) is 5.24 Å². The second-order valence-corrected chi connectivity index (χ2v) is 7.36. The van der Waals surface area contributed by atoms with Crippen LogP contribution in [0.2, 0.25) is 0 Å². The van der Waals surface area contributed by atoms with Crippen LogP contribution in [0, 0.1) is 0 Å². The number of hydrogen-bond donors (Lipinski definition) is 2. The molecule has 2 aromatic carbocycles. The maximum atomic E-state index is 12.8. The average molecular weight is 411 g/mol. The molecule has 0 bridgehead atoms. The van der Waals surface area contributed by atoms with E-state index in [2.05, 4.69) is 5.32 Å². The van der Waals surface area contributed by atoms with Crippen LogP contribution in [0.25, 0.3) is 0 Å². The van der Waals surface area contributed by atoms with Crippen LogP contribution in [0.15, 0.2) is 48.5 Å². The third kappa shape index (κ3) is 5.05. The highest BCUT2D eigenvalue weighted by Gasteiger charge is 2.32. The molecule has 1 heterocycles. The maximum absolute atomic E-state index is 12.8. The summed E-state index contributed by atoms with van der Waals surface area (Å²) in [6.45, 7) is -0.212. The molecule has 2 atom stereocenters. The first-order chi connectivity index (χ1) is 13.2. The van der Waals surface area contributed by atoms with Crippen molar-refractivity contribution in [3.05, 3.63) is 65.2 Å². The lowest BCUT2D eigenvalue weighted by Gasteiger charge is -2.15. The number of aliphatic hydroxyl groups excluding tert-OH is 1. The average Bonchev–Trinajstić information content (AvgIpc) is 2.97. The fourth-order valence-electron chi connectivity index (χ4n) is 2.66. The molecule has 0 aliphatic carbocycles. The lowest BCUT2D eigenvalue weighted by atomic mass is 10.1. The number of nitrogens with one attached hydrogen (secondary N) is 1. The molecule has 0 spiro atoms. The number of rotatable bonds is 6. The number of amides is 2. The second kappa shape index (κ2) is 8.24. The number of aliphatic hydroxyl groups is 1. The summed E-state index contributed by atoms with van der Waals surface area (Å²) in [4.78, 5) is 22.8. The molecule has 0 radical (unpaired) electrons. The van der Waals surface area contributed by atoms with Crippen molar-refractivity contribution < 1.29 is 32.6 Å². The van der Waals surface area contributed by atoms with Crippen molar-refractivity contribution in [2.75, 3.05) is 6.61 Å². The number of benzene rings is 2. The molecule has 148 valence electrons. The molecule has 9 heteroatoms. The number of halogens is 3. The fourth-order valence-corrected chi connectivity index (χ4v) is 3.52. The first-order valence-corrected chi connectivity index (χ1v) is 9.19. The largest absolute Gasteiger partial charge is 0.491 e. The first-order valence-electron chi connectivity index (χ1n) is 8.31. The Balaban J connectivity index is 1.56. The Hall–Kier alpha value is -2.52. The summed E-state index contributed by atoms with van der Waals surface area (Å²) in [5.41, 5.74) is 0.106. The van der Waals surface area contributed by atoms with Gasteiger partial charge in [-0.3, -0.25) is 14.9 Å². The van der Waals surface area contributed by atoms with Gasteiger partial charge in [-0.25, -0.2) is 0 Å². The molecule has 2 aromatic rings. The number of carbonyl (C=O) groups is 2. The van der Waals surface area contributed by atoms with Crippen LogP contribution in [0.5, 0.6) is 5.75 Å². The van der Waals surface area contributed by atoms with E-state index in [-0.39, 0.29) is 23.3 Å². The molecular weight excluding hydrogens is 395 g/mol. The van der Waals surface area contributed by atoms with Gasteiger partial charge in [0.05, 0.1) is 10.8 Å². The predicted molar refractivity (Wildman–Crippen MR) is 97.0 cm³/mol. The fraction of sp³-hybridized carbons (Fsp3) is 0.263. The number of alkyl halides is 3.